The molecule has 2 N–H and O–H groups in total. The summed E-state index contributed by atoms with van der Waals surface area (Å²) in [6, 6.07) is 2.17. The third-order valence-electron chi connectivity index (χ3n) is 7.34. The highest BCUT2D eigenvalue weighted by Crippen LogP contribution is 2.61. The van der Waals surface area contributed by atoms with Crippen LogP contribution in [-0.2, 0) is 0 Å². The van der Waals surface area contributed by atoms with Crippen molar-refractivity contribution in [1.29, 1.82) is 0 Å². The summed E-state index contributed by atoms with van der Waals surface area (Å²) in [5.41, 5.74) is 0.659. The first kappa shape index (κ1) is 14.5. The Hall–Kier alpha value is -0.0800. The van der Waals surface area contributed by atoms with Gasteiger partial charge in [-0.15, -0.1) is 0 Å². The van der Waals surface area contributed by atoms with E-state index >= 15 is 0 Å². The number of hydrogen-bond donors (Lipinski definition) is 2. The van der Waals surface area contributed by atoms with E-state index in [-0.39, 0.29) is 0 Å². The highest BCUT2D eigenvalue weighted by atomic mass is 15.0. The van der Waals surface area contributed by atoms with Crippen LogP contribution in [0.15, 0.2) is 0 Å². The summed E-state index contributed by atoms with van der Waals surface area (Å²) >= 11 is 0. The van der Waals surface area contributed by atoms with E-state index in [4.69, 9.17) is 0 Å². The standard InChI is InChI=1S/C19H34N2/c1-13(6-18-4-3-5-20-18)21-14(2)19-10-15-7-16(11-19)9-17(8-15)12-19/h13-18,20-21H,3-12H2,1-2H3. The third-order valence-corrected chi connectivity index (χ3v) is 7.34. The lowest BCUT2D eigenvalue weighted by molar-refractivity contribution is -0.0720. The van der Waals surface area contributed by atoms with Crippen molar-refractivity contribution in [2.24, 2.45) is 23.2 Å². The molecule has 5 aliphatic rings. The molecule has 1 aliphatic heterocycles. The molecule has 2 heteroatoms. The van der Waals surface area contributed by atoms with Gasteiger partial charge in [-0.1, -0.05) is 0 Å². The fourth-order valence-electron chi connectivity index (χ4n) is 6.76. The van der Waals surface area contributed by atoms with Gasteiger partial charge in [0.2, 0.25) is 0 Å². The monoisotopic (exact) mass is 290 g/mol. The van der Waals surface area contributed by atoms with Gasteiger partial charge in [-0.3, -0.25) is 0 Å². The Labute approximate surface area is 130 Å². The molecule has 0 amide bonds. The summed E-state index contributed by atoms with van der Waals surface area (Å²) < 4.78 is 0. The first-order chi connectivity index (χ1) is 10.1. The quantitative estimate of drug-likeness (QED) is 0.806. The SMILES string of the molecule is CC(CC1CCCN1)NC(C)C12CC3CC(CC(C3)C1)C2. The van der Waals surface area contributed by atoms with E-state index in [0.29, 0.717) is 11.5 Å². The lowest BCUT2D eigenvalue weighted by Crippen LogP contribution is -2.56. The number of rotatable bonds is 5. The highest BCUT2D eigenvalue weighted by molar-refractivity contribution is 5.05. The first-order valence-corrected chi connectivity index (χ1v) is 9.62. The molecule has 5 fully saturated rings. The van der Waals surface area contributed by atoms with Crippen molar-refractivity contribution in [2.45, 2.75) is 89.8 Å². The van der Waals surface area contributed by atoms with E-state index in [0.717, 1.165) is 29.8 Å². The Bertz CT molecular complexity index is 336. The zero-order valence-electron chi connectivity index (χ0n) is 14.0. The fraction of sp³-hybridized carbons (Fsp3) is 1.00. The Morgan fingerprint density at radius 2 is 1.67 bits per heavy atom. The Morgan fingerprint density at radius 3 is 2.19 bits per heavy atom. The summed E-state index contributed by atoms with van der Waals surface area (Å²) in [4.78, 5) is 0. The van der Waals surface area contributed by atoms with E-state index < -0.39 is 0 Å². The highest BCUT2D eigenvalue weighted by Gasteiger charge is 2.53. The van der Waals surface area contributed by atoms with Crippen LogP contribution in [0.5, 0.6) is 0 Å². The van der Waals surface area contributed by atoms with E-state index in [2.05, 4.69) is 24.5 Å². The van der Waals surface area contributed by atoms with Gasteiger partial charge < -0.3 is 10.6 Å². The average molecular weight is 290 g/mol. The lowest BCUT2D eigenvalue weighted by atomic mass is 9.48. The maximum absolute atomic E-state index is 4.02. The number of hydrogen-bond acceptors (Lipinski definition) is 2. The Balaban J connectivity index is 1.36. The molecule has 4 saturated carbocycles. The van der Waals surface area contributed by atoms with Crippen molar-refractivity contribution < 1.29 is 0 Å². The molecule has 1 saturated heterocycles. The van der Waals surface area contributed by atoms with Gasteiger partial charge >= 0.3 is 0 Å². The summed E-state index contributed by atoms with van der Waals surface area (Å²) in [5.74, 6) is 3.23. The minimum Gasteiger partial charge on any atom is -0.314 e. The predicted molar refractivity (Wildman–Crippen MR) is 88.3 cm³/mol. The lowest BCUT2D eigenvalue weighted by Gasteiger charge is -2.59. The smallest absolute Gasteiger partial charge is 0.00979 e. The summed E-state index contributed by atoms with van der Waals surface area (Å²) in [7, 11) is 0. The van der Waals surface area contributed by atoms with Crippen molar-refractivity contribution in [3.63, 3.8) is 0 Å². The van der Waals surface area contributed by atoms with Crippen LogP contribution in [0.4, 0.5) is 0 Å². The zero-order chi connectivity index (χ0) is 14.4. The number of nitrogens with one attached hydrogen (secondary N) is 2. The van der Waals surface area contributed by atoms with Crippen LogP contribution < -0.4 is 10.6 Å². The zero-order valence-corrected chi connectivity index (χ0v) is 14.0. The molecule has 0 aromatic heterocycles. The van der Waals surface area contributed by atoms with Gasteiger partial charge in [-0.05, 0) is 101 Å². The van der Waals surface area contributed by atoms with Crippen LogP contribution in [0, 0.1) is 23.2 Å². The molecule has 5 rings (SSSR count). The summed E-state index contributed by atoms with van der Waals surface area (Å²) in [6.07, 6.45) is 13.4. The van der Waals surface area contributed by atoms with E-state index in [1.807, 2.05) is 0 Å². The van der Waals surface area contributed by atoms with Gasteiger partial charge in [0.1, 0.15) is 0 Å². The molecule has 0 aromatic rings. The van der Waals surface area contributed by atoms with Crippen LogP contribution >= 0.6 is 0 Å². The van der Waals surface area contributed by atoms with Crippen LogP contribution in [0.1, 0.15) is 71.6 Å². The van der Waals surface area contributed by atoms with Crippen LogP contribution in [0.2, 0.25) is 0 Å². The summed E-state index contributed by atoms with van der Waals surface area (Å²) in [5, 5.41) is 7.68. The van der Waals surface area contributed by atoms with Crippen molar-refractivity contribution in [2.75, 3.05) is 6.54 Å². The normalized spacial score (nSPS) is 47.7. The van der Waals surface area contributed by atoms with Gasteiger partial charge in [0, 0.05) is 18.1 Å². The molecular weight excluding hydrogens is 256 g/mol. The van der Waals surface area contributed by atoms with Crippen molar-refractivity contribution in [1.82, 2.24) is 10.6 Å². The molecule has 2 nitrogen and oxygen atoms in total. The molecule has 4 bridgehead atoms. The van der Waals surface area contributed by atoms with Gasteiger partial charge in [-0.25, -0.2) is 0 Å². The third kappa shape index (κ3) is 2.79. The van der Waals surface area contributed by atoms with E-state index in [1.165, 1.54) is 45.1 Å². The topological polar surface area (TPSA) is 24.1 Å². The molecule has 0 spiro atoms. The van der Waals surface area contributed by atoms with Gasteiger partial charge in [-0.2, -0.15) is 0 Å². The molecule has 120 valence electrons. The Morgan fingerprint density at radius 1 is 1.05 bits per heavy atom. The van der Waals surface area contributed by atoms with Crippen LogP contribution in [-0.4, -0.2) is 24.7 Å². The minimum atomic E-state index is 0.659. The minimum absolute atomic E-state index is 0.659. The second-order valence-electron chi connectivity index (χ2n) is 9.10. The molecule has 21 heavy (non-hydrogen) atoms. The maximum Gasteiger partial charge on any atom is 0.00979 e. The van der Waals surface area contributed by atoms with Crippen molar-refractivity contribution in [3.05, 3.63) is 0 Å². The molecule has 0 radical (unpaired) electrons. The second-order valence-corrected chi connectivity index (χ2v) is 9.10. The van der Waals surface area contributed by atoms with E-state index in [9.17, 15) is 0 Å². The van der Waals surface area contributed by atoms with Crippen LogP contribution in [0.25, 0.3) is 0 Å². The molecule has 4 aliphatic carbocycles. The average Bonchev–Trinajstić information content (AvgIpc) is 2.89. The molecule has 3 unspecified atom stereocenters. The second kappa shape index (κ2) is 5.53. The van der Waals surface area contributed by atoms with Gasteiger partial charge in [0.05, 0.1) is 0 Å². The van der Waals surface area contributed by atoms with E-state index in [1.54, 1.807) is 19.3 Å². The first-order valence-electron chi connectivity index (χ1n) is 9.62. The van der Waals surface area contributed by atoms with Crippen molar-refractivity contribution >= 4 is 0 Å². The molecule has 1 heterocycles. The molecule has 0 aromatic carbocycles. The summed E-state index contributed by atoms with van der Waals surface area (Å²) in [6.45, 7) is 6.16. The van der Waals surface area contributed by atoms with Gasteiger partial charge in [0.15, 0.2) is 0 Å². The van der Waals surface area contributed by atoms with Crippen LogP contribution in [0.3, 0.4) is 0 Å². The Kier molecular flexibility index (Phi) is 3.82. The van der Waals surface area contributed by atoms with Crippen molar-refractivity contribution in [3.8, 4) is 0 Å². The maximum atomic E-state index is 4.02. The molecule has 3 atom stereocenters. The largest absolute Gasteiger partial charge is 0.314 e. The predicted octanol–water partition coefficient (Wildman–Crippen LogP) is 3.71. The fourth-order valence-corrected chi connectivity index (χ4v) is 6.76. The molecular formula is C19H34N2. The van der Waals surface area contributed by atoms with Gasteiger partial charge in [0.25, 0.3) is 0 Å².